The molecule has 2 aliphatic rings. The molecular weight excluding hydrogens is 422 g/mol. The summed E-state index contributed by atoms with van der Waals surface area (Å²) in [7, 11) is 3.09. The van der Waals surface area contributed by atoms with Crippen LogP contribution >= 0.6 is 0 Å². The van der Waals surface area contributed by atoms with Gasteiger partial charge in [-0.1, -0.05) is 30.3 Å². The molecule has 0 unspecified atom stereocenters. The van der Waals surface area contributed by atoms with Gasteiger partial charge in [0.25, 0.3) is 5.91 Å². The highest BCUT2D eigenvalue weighted by Gasteiger charge is 2.27. The van der Waals surface area contributed by atoms with Crippen LogP contribution in [0, 0.1) is 0 Å². The summed E-state index contributed by atoms with van der Waals surface area (Å²) in [6.45, 7) is 3.19. The first kappa shape index (κ1) is 22.9. The van der Waals surface area contributed by atoms with E-state index < -0.39 is 0 Å². The highest BCUT2D eigenvalue weighted by atomic mass is 16.5. The molecule has 1 heterocycles. The number of hydrogen-bond acceptors (Lipinski definition) is 6. The molecule has 0 spiro atoms. The van der Waals surface area contributed by atoms with Gasteiger partial charge < -0.3 is 24.4 Å². The van der Waals surface area contributed by atoms with E-state index in [4.69, 9.17) is 14.2 Å². The average molecular weight is 454 g/mol. The summed E-state index contributed by atoms with van der Waals surface area (Å²) in [5.41, 5.74) is 1.50. The van der Waals surface area contributed by atoms with E-state index in [1.54, 1.807) is 31.3 Å². The number of nitrogens with zero attached hydrogens (tertiary/aromatic N) is 2. The van der Waals surface area contributed by atoms with E-state index in [9.17, 15) is 9.59 Å². The van der Waals surface area contributed by atoms with Crippen molar-refractivity contribution in [1.82, 2.24) is 15.1 Å². The predicted octanol–water partition coefficient (Wildman–Crippen LogP) is 2.32. The van der Waals surface area contributed by atoms with Crippen LogP contribution < -0.4 is 19.5 Å². The molecule has 8 heteroatoms. The number of hydrogen-bond donors (Lipinski definition) is 1. The lowest BCUT2D eigenvalue weighted by atomic mass is 10.1. The van der Waals surface area contributed by atoms with Gasteiger partial charge in [0, 0.05) is 37.8 Å². The molecule has 1 saturated carbocycles. The second kappa shape index (κ2) is 10.6. The van der Waals surface area contributed by atoms with Gasteiger partial charge in [-0.15, -0.1) is 0 Å². The van der Waals surface area contributed by atoms with Crippen LogP contribution in [0.4, 0.5) is 0 Å². The van der Waals surface area contributed by atoms with E-state index in [0.717, 1.165) is 18.4 Å². The normalized spacial score (nSPS) is 16.2. The Morgan fingerprint density at radius 2 is 1.61 bits per heavy atom. The molecular formula is C25H31N3O5. The highest BCUT2D eigenvalue weighted by molar-refractivity contribution is 5.95. The summed E-state index contributed by atoms with van der Waals surface area (Å²) in [4.78, 5) is 29.1. The molecule has 2 aromatic rings. The number of carbonyl (C=O) groups excluding carboxylic acids is 2. The van der Waals surface area contributed by atoms with Gasteiger partial charge in [-0.05, 0) is 30.5 Å². The van der Waals surface area contributed by atoms with Crippen molar-refractivity contribution in [2.24, 2.45) is 0 Å². The Bertz CT molecular complexity index is 944. The molecule has 1 aliphatic heterocycles. The fourth-order valence-corrected chi connectivity index (χ4v) is 3.87. The first-order valence-electron chi connectivity index (χ1n) is 11.3. The van der Waals surface area contributed by atoms with Gasteiger partial charge in [0.15, 0.2) is 11.5 Å². The van der Waals surface area contributed by atoms with Crippen molar-refractivity contribution < 1.29 is 23.8 Å². The second-order valence-corrected chi connectivity index (χ2v) is 8.39. The van der Waals surface area contributed by atoms with Crippen LogP contribution in [0.3, 0.4) is 0 Å². The third kappa shape index (κ3) is 5.96. The summed E-state index contributed by atoms with van der Waals surface area (Å²) in [6.07, 6.45) is 2.16. The van der Waals surface area contributed by atoms with E-state index in [1.807, 2.05) is 30.3 Å². The minimum absolute atomic E-state index is 0.0674. The Morgan fingerprint density at radius 1 is 0.970 bits per heavy atom. The fraction of sp³-hybridized carbons (Fsp3) is 0.440. The Kier molecular flexibility index (Phi) is 7.34. The molecule has 0 aromatic heterocycles. The van der Waals surface area contributed by atoms with E-state index >= 15 is 0 Å². The van der Waals surface area contributed by atoms with Crippen molar-refractivity contribution in [3.63, 3.8) is 0 Å². The topological polar surface area (TPSA) is 80.3 Å². The molecule has 2 fully saturated rings. The summed E-state index contributed by atoms with van der Waals surface area (Å²) >= 11 is 0. The Labute approximate surface area is 194 Å². The highest BCUT2D eigenvalue weighted by Crippen LogP contribution is 2.39. The third-order valence-corrected chi connectivity index (χ3v) is 5.90. The Hall–Kier alpha value is -3.26. The van der Waals surface area contributed by atoms with Gasteiger partial charge in [0.1, 0.15) is 6.61 Å². The van der Waals surface area contributed by atoms with Crippen LogP contribution in [0.25, 0.3) is 0 Å². The molecule has 1 N–H and O–H groups in total. The molecule has 2 amide bonds. The molecule has 4 rings (SSSR count). The number of benzene rings is 2. The molecule has 1 saturated heterocycles. The van der Waals surface area contributed by atoms with E-state index in [-0.39, 0.29) is 11.8 Å². The maximum Gasteiger partial charge on any atom is 0.254 e. The van der Waals surface area contributed by atoms with Crippen molar-refractivity contribution in [2.45, 2.75) is 25.5 Å². The maximum absolute atomic E-state index is 13.2. The van der Waals surface area contributed by atoms with Gasteiger partial charge in [-0.25, -0.2) is 0 Å². The summed E-state index contributed by atoms with van der Waals surface area (Å²) in [5.74, 6) is 1.33. The summed E-state index contributed by atoms with van der Waals surface area (Å²) in [5, 5.41) is 3.01. The monoisotopic (exact) mass is 453 g/mol. The van der Waals surface area contributed by atoms with Crippen molar-refractivity contribution in [1.29, 1.82) is 0 Å². The fourth-order valence-electron chi connectivity index (χ4n) is 3.87. The lowest BCUT2D eigenvalue weighted by Gasteiger charge is -2.34. The van der Waals surface area contributed by atoms with E-state index in [1.165, 1.54) is 0 Å². The molecule has 176 valence electrons. The van der Waals surface area contributed by atoms with Gasteiger partial charge >= 0.3 is 0 Å². The number of methoxy groups -OCH3 is 2. The lowest BCUT2D eigenvalue weighted by Crippen LogP contribution is -2.51. The number of carbonyl (C=O) groups is 2. The standard InChI is InChI=1S/C25H31N3O5/c1-31-21-14-19(15-22(32-2)24(21)33-17-18-6-4-3-5-7-18)25(30)28-12-10-27(11-13-28)16-23(29)26-20-8-9-20/h3-7,14-15,20H,8-13,16-17H2,1-2H3,(H,26,29). The van der Waals surface area contributed by atoms with Crippen LogP contribution in [0.5, 0.6) is 17.2 Å². The number of rotatable bonds is 9. The SMILES string of the molecule is COc1cc(C(=O)N2CCN(CC(=O)NC3CC3)CC2)cc(OC)c1OCc1ccccc1. The molecule has 1 aliphatic carbocycles. The van der Waals surface area contributed by atoms with Crippen LogP contribution in [0.15, 0.2) is 42.5 Å². The quantitative estimate of drug-likeness (QED) is 0.628. The van der Waals surface area contributed by atoms with Crippen molar-refractivity contribution in [3.8, 4) is 17.2 Å². The minimum Gasteiger partial charge on any atom is -0.493 e. The maximum atomic E-state index is 13.2. The first-order valence-corrected chi connectivity index (χ1v) is 11.3. The molecule has 33 heavy (non-hydrogen) atoms. The zero-order chi connectivity index (χ0) is 23.2. The number of nitrogens with one attached hydrogen (secondary N) is 1. The lowest BCUT2D eigenvalue weighted by molar-refractivity contribution is -0.122. The van der Waals surface area contributed by atoms with Crippen molar-refractivity contribution in [2.75, 3.05) is 46.9 Å². The van der Waals surface area contributed by atoms with Crippen LogP contribution in [0.2, 0.25) is 0 Å². The van der Waals surface area contributed by atoms with Crippen LogP contribution in [-0.4, -0.2) is 74.6 Å². The molecule has 0 atom stereocenters. The molecule has 0 bridgehead atoms. The minimum atomic E-state index is -0.0942. The van der Waals surface area contributed by atoms with E-state index in [2.05, 4.69) is 10.2 Å². The first-order chi connectivity index (χ1) is 16.1. The number of piperazine rings is 1. The Balaban J connectivity index is 1.39. The third-order valence-electron chi connectivity index (χ3n) is 5.90. The van der Waals surface area contributed by atoms with Crippen molar-refractivity contribution >= 4 is 11.8 Å². The van der Waals surface area contributed by atoms with E-state index in [0.29, 0.717) is 68.2 Å². The van der Waals surface area contributed by atoms with Crippen molar-refractivity contribution in [3.05, 3.63) is 53.6 Å². The molecule has 2 aromatic carbocycles. The second-order valence-electron chi connectivity index (χ2n) is 8.39. The largest absolute Gasteiger partial charge is 0.493 e. The van der Waals surface area contributed by atoms with Crippen LogP contribution in [0.1, 0.15) is 28.8 Å². The number of ether oxygens (including phenoxy) is 3. The van der Waals surface area contributed by atoms with Gasteiger partial charge in [-0.3, -0.25) is 14.5 Å². The summed E-state index contributed by atoms with van der Waals surface area (Å²) in [6, 6.07) is 13.6. The molecule has 0 radical (unpaired) electrons. The summed E-state index contributed by atoms with van der Waals surface area (Å²) < 4.78 is 17.0. The van der Waals surface area contributed by atoms with Crippen LogP contribution in [-0.2, 0) is 11.4 Å². The zero-order valence-corrected chi connectivity index (χ0v) is 19.2. The van der Waals surface area contributed by atoms with Gasteiger partial charge in [0.2, 0.25) is 11.7 Å². The number of amides is 2. The van der Waals surface area contributed by atoms with Gasteiger partial charge in [0.05, 0.1) is 20.8 Å². The van der Waals surface area contributed by atoms with Gasteiger partial charge in [-0.2, -0.15) is 0 Å². The zero-order valence-electron chi connectivity index (χ0n) is 19.2. The Morgan fingerprint density at radius 3 is 2.18 bits per heavy atom. The molecule has 8 nitrogen and oxygen atoms in total. The average Bonchev–Trinajstić information content (AvgIpc) is 3.66. The predicted molar refractivity (Wildman–Crippen MR) is 124 cm³/mol. The smallest absolute Gasteiger partial charge is 0.254 e.